The summed E-state index contributed by atoms with van der Waals surface area (Å²) < 4.78 is 2.42. The number of benzene rings is 8. The Kier molecular flexibility index (Phi) is 7.00. The van der Waals surface area contributed by atoms with Gasteiger partial charge in [0.1, 0.15) is 0 Å². The Balaban J connectivity index is 1.30. The zero-order valence-corrected chi connectivity index (χ0v) is 28.3. The van der Waals surface area contributed by atoms with Gasteiger partial charge in [0.2, 0.25) is 0 Å². The number of hydrogen-bond donors (Lipinski definition) is 0. The standard InChI is InChI=1S/C47H29N3S/c1-2-14-31(15-3-1)35-29-28-32-17-5-7-20-34(32)43(35)47-49-45(40-23-9-8-21-37(40)36-24-12-18-30-16-4-6-19-33(30)36)48-46(50-47)41-26-13-25-39-38-22-10-11-27-42(38)51-44(39)41/h1-29H. The molecular weight excluding hydrogens is 639 g/mol. The molecule has 3 nitrogen and oxygen atoms in total. The van der Waals surface area contributed by atoms with E-state index in [4.69, 9.17) is 15.0 Å². The molecule has 2 aromatic heterocycles. The van der Waals surface area contributed by atoms with Crippen molar-refractivity contribution in [3.05, 3.63) is 176 Å². The van der Waals surface area contributed by atoms with Gasteiger partial charge in [0.05, 0.1) is 0 Å². The molecule has 10 rings (SSSR count). The number of thiophene rings is 1. The molecule has 4 heteroatoms. The summed E-state index contributed by atoms with van der Waals surface area (Å²) in [6.07, 6.45) is 0. The lowest BCUT2D eigenvalue weighted by atomic mass is 9.93. The molecule has 0 unspecified atom stereocenters. The van der Waals surface area contributed by atoms with E-state index in [1.165, 1.54) is 30.9 Å². The van der Waals surface area contributed by atoms with Crippen LogP contribution in [0.25, 0.3) is 98.1 Å². The summed E-state index contributed by atoms with van der Waals surface area (Å²) in [5, 5.41) is 7.08. The van der Waals surface area contributed by atoms with Crippen LogP contribution < -0.4 is 0 Å². The maximum atomic E-state index is 5.41. The molecule has 0 fully saturated rings. The van der Waals surface area contributed by atoms with Crippen molar-refractivity contribution < 1.29 is 0 Å². The predicted molar refractivity (Wildman–Crippen MR) is 215 cm³/mol. The first-order valence-electron chi connectivity index (χ1n) is 17.1. The maximum absolute atomic E-state index is 5.41. The topological polar surface area (TPSA) is 38.7 Å². The second-order valence-corrected chi connectivity index (χ2v) is 13.8. The molecule has 0 aliphatic rings. The van der Waals surface area contributed by atoms with Crippen LogP contribution in [0.5, 0.6) is 0 Å². The average molecular weight is 668 g/mol. The van der Waals surface area contributed by atoms with Gasteiger partial charge in [-0.15, -0.1) is 11.3 Å². The first kappa shape index (κ1) is 29.4. The highest BCUT2D eigenvalue weighted by Gasteiger charge is 2.21. The van der Waals surface area contributed by atoms with Crippen LogP contribution in [0.2, 0.25) is 0 Å². The lowest BCUT2D eigenvalue weighted by molar-refractivity contribution is 1.08. The molecular formula is C47H29N3S. The third-order valence-electron chi connectivity index (χ3n) is 9.77. The van der Waals surface area contributed by atoms with Crippen LogP contribution in [-0.2, 0) is 0 Å². The molecule has 0 radical (unpaired) electrons. The molecule has 0 saturated carbocycles. The summed E-state index contributed by atoms with van der Waals surface area (Å²) >= 11 is 1.79. The van der Waals surface area contributed by atoms with Gasteiger partial charge in [0, 0.05) is 36.9 Å². The lowest BCUT2D eigenvalue weighted by Gasteiger charge is -2.16. The maximum Gasteiger partial charge on any atom is 0.165 e. The van der Waals surface area contributed by atoms with Crippen LogP contribution in [-0.4, -0.2) is 15.0 Å². The van der Waals surface area contributed by atoms with Gasteiger partial charge in [0.25, 0.3) is 0 Å². The van der Waals surface area contributed by atoms with Crippen LogP contribution in [0.1, 0.15) is 0 Å². The summed E-state index contributed by atoms with van der Waals surface area (Å²) in [7, 11) is 0. The minimum Gasteiger partial charge on any atom is -0.208 e. The zero-order chi connectivity index (χ0) is 33.7. The highest BCUT2D eigenvalue weighted by Crippen LogP contribution is 2.43. The SMILES string of the molecule is c1ccc(-c2ccc3ccccc3c2-c2nc(-c3ccccc3-c3cccc4ccccc34)nc(-c3cccc4c3sc3ccccc34)n2)cc1. The molecule has 2 heterocycles. The molecule has 0 atom stereocenters. The van der Waals surface area contributed by atoms with Gasteiger partial charge >= 0.3 is 0 Å². The van der Waals surface area contributed by atoms with Crippen molar-refractivity contribution in [2.24, 2.45) is 0 Å². The second-order valence-electron chi connectivity index (χ2n) is 12.7. The van der Waals surface area contributed by atoms with Crippen LogP contribution in [0.4, 0.5) is 0 Å². The smallest absolute Gasteiger partial charge is 0.165 e. The van der Waals surface area contributed by atoms with Crippen molar-refractivity contribution >= 4 is 53.1 Å². The summed E-state index contributed by atoms with van der Waals surface area (Å²) in [6, 6.07) is 62.1. The Morgan fingerprint density at radius 2 is 0.863 bits per heavy atom. The van der Waals surface area contributed by atoms with E-state index < -0.39 is 0 Å². The second kappa shape index (κ2) is 12.1. The van der Waals surface area contributed by atoms with Crippen molar-refractivity contribution in [1.29, 1.82) is 0 Å². The Morgan fingerprint density at radius 3 is 1.71 bits per heavy atom. The third-order valence-corrected chi connectivity index (χ3v) is 11.0. The molecule has 8 aromatic carbocycles. The van der Waals surface area contributed by atoms with Gasteiger partial charge in [-0.1, -0.05) is 164 Å². The third kappa shape index (κ3) is 5.00. The van der Waals surface area contributed by atoms with E-state index in [1.807, 2.05) is 0 Å². The van der Waals surface area contributed by atoms with Crippen molar-refractivity contribution in [3.8, 4) is 56.4 Å². The fourth-order valence-corrected chi connectivity index (χ4v) is 8.61. The fraction of sp³-hybridized carbons (Fsp3) is 0. The highest BCUT2D eigenvalue weighted by molar-refractivity contribution is 7.26. The van der Waals surface area contributed by atoms with Crippen LogP contribution in [0.3, 0.4) is 0 Å². The van der Waals surface area contributed by atoms with Crippen molar-refractivity contribution in [3.63, 3.8) is 0 Å². The minimum absolute atomic E-state index is 0.642. The quantitative estimate of drug-likeness (QED) is 0.183. The van der Waals surface area contributed by atoms with Crippen molar-refractivity contribution in [2.45, 2.75) is 0 Å². The normalized spacial score (nSPS) is 11.5. The van der Waals surface area contributed by atoms with E-state index >= 15 is 0 Å². The first-order chi connectivity index (χ1) is 25.3. The predicted octanol–water partition coefficient (Wildman–Crippen LogP) is 12.9. The summed E-state index contributed by atoms with van der Waals surface area (Å²) in [4.78, 5) is 16.2. The summed E-state index contributed by atoms with van der Waals surface area (Å²) in [5.41, 5.74) is 7.39. The van der Waals surface area contributed by atoms with E-state index in [0.717, 1.165) is 49.7 Å². The number of aromatic nitrogens is 3. The number of nitrogens with zero attached hydrogens (tertiary/aromatic N) is 3. The Labute approximate surface area is 299 Å². The van der Waals surface area contributed by atoms with E-state index in [-0.39, 0.29) is 0 Å². The molecule has 0 saturated heterocycles. The van der Waals surface area contributed by atoms with Gasteiger partial charge in [0.15, 0.2) is 17.5 Å². The van der Waals surface area contributed by atoms with Crippen LogP contribution >= 0.6 is 11.3 Å². The Bertz CT molecular complexity index is 2920. The lowest BCUT2D eigenvalue weighted by Crippen LogP contribution is -2.02. The number of hydrogen-bond acceptors (Lipinski definition) is 4. The molecule has 10 aromatic rings. The molecule has 0 N–H and O–H groups in total. The van der Waals surface area contributed by atoms with Gasteiger partial charge in [-0.3, -0.25) is 0 Å². The van der Waals surface area contributed by atoms with Gasteiger partial charge in [-0.05, 0) is 55.9 Å². The minimum atomic E-state index is 0.642. The van der Waals surface area contributed by atoms with Crippen LogP contribution in [0.15, 0.2) is 176 Å². The highest BCUT2D eigenvalue weighted by atomic mass is 32.1. The molecule has 0 bridgehead atoms. The number of rotatable bonds is 5. The van der Waals surface area contributed by atoms with E-state index in [1.54, 1.807) is 11.3 Å². The molecule has 0 aliphatic heterocycles. The molecule has 0 amide bonds. The van der Waals surface area contributed by atoms with Crippen molar-refractivity contribution in [1.82, 2.24) is 15.0 Å². The fourth-order valence-electron chi connectivity index (χ4n) is 7.40. The first-order valence-corrected chi connectivity index (χ1v) is 17.9. The molecule has 238 valence electrons. The van der Waals surface area contributed by atoms with Gasteiger partial charge in [-0.2, -0.15) is 0 Å². The van der Waals surface area contributed by atoms with Crippen LogP contribution in [0, 0.1) is 0 Å². The number of fused-ring (bicyclic) bond motifs is 5. The van der Waals surface area contributed by atoms with Gasteiger partial charge in [-0.25, -0.2) is 15.0 Å². The Hall–Kier alpha value is -6.49. The monoisotopic (exact) mass is 667 g/mol. The molecule has 0 aliphatic carbocycles. The largest absolute Gasteiger partial charge is 0.208 e. The van der Waals surface area contributed by atoms with E-state index in [2.05, 4.69) is 176 Å². The van der Waals surface area contributed by atoms with Crippen molar-refractivity contribution in [2.75, 3.05) is 0 Å². The molecule has 0 spiro atoms. The summed E-state index contributed by atoms with van der Waals surface area (Å²) in [5.74, 6) is 1.95. The summed E-state index contributed by atoms with van der Waals surface area (Å²) in [6.45, 7) is 0. The average Bonchev–Trinajstić information content (AvgIpc) is 3.59. The van der Waals surface area contributed by atoms with E-state index in [0.29, 0.717) is 17.5 Å². The van der Waals surface area contributed by atoms with Gasteiger partial charge < -0.3 is 0 Å². The Morgan fingerprint density at radius 1 is 0.314 bits per heavy atom. The molecule has 51 heavy (non-hydrogen) atoms. The zero-order valence-electron chi connectivity index (χ0n) is 27.5. The van der Waals surface area contributed by atoms with E-state index in [9.17, 15) is 0 Å².